The average Bonchev–Trinajstić information content (AvgIpc) is 2.01. The summed E-state index contributed by atoms with van der Waals surface area (Å²) in [6, 6.07) is 2.66. The number of aromatic nitrogens is 1. The first-order valence-electron chi connectivity index (χ1n) is 3.31. The molecule has 0 spiro atoms. The standard InChI is InChI=1S/C8H9FN2/c9-7-3-5-11-8(6-7)2-1-4-10/h1-3,5-6H,4,10H2. The lowest BCUT2D eigenvalue weighted by Gasteiger charge is -1.90. The highest BCUT2D eigenvalue weighted by Crippen LogP contribution is 2.00. The lowest BCUT2D eigenvalue weighted by Crippen LogP contribution is -1.92. The number of nitrogens with zero attached hydrogens (tertiary/aromatic N) is 1. The molecule has 0 radical (unpaired) electrons. The van der Waals surface area contributed by atoms with Crippen molar-refractivity contribution in [3.63, 3.8) is 0 Å². The maximum Gasteiger partial charge on any atom is 0.126 e. The first-order valence-corrected chi connectivity index (χ1v) is 3.31. The minimum absolute atomic E-state index is 0.281. The number of hydrogen-bond donors (Lipinski definition) is 1. The summed E-state index contributed by atoms with van der Waals surface area (Å²) in [5.41, 5.74) is 5.80. The molecule has 1 aromatic rings. The normalized spacial score (nSPS) is 10.7. The third kappa shape index (κ3) is 2.47. The van der Waals surface area contributed by atoms with Crippen LogP contribution in [0.1, 0.15) is 5.69 Å². The minimum Gasteiger partial charge on any atom is -0.327 e. The molecule has 3 heteroatoms. The van der Waals surface area contributed by atoms with E-state index in [1.54, 1.807) is 12.2 Å². The Balaban J connectivity index is 2.79. The Morgan fingerprint density at radius 1 is 1.64 bits per heavy atom. The van der Waals surface area contributed by atoms with E-state index in [1.165, 1.54) is 18.3 Å². The fourth-order valence-electron chi connectivity index (χ4n) is 0.701. The largest absolute Gasteiger partial charge is 0.327 e. The smallest absolute Gasteiger partial charge is 0.126 e. The Bertz CT molecular complexity index is 258. The Labute approximate surface area is 64.6 Å². The SMILES string of the molecule is NCC=Cc1cc(F)ccn1. The molecular formula is C8H9FN2. The second kappa shape index (κ2) is 3.83. The van der Waals surface area contributed by atoms with Gasteiger partial charge in [0, 0.05) is 12.7 Å². The van der Waals surface area contributed by atoms with Crippen LogP contribution in [0, 0.1) is 5.82 Å². The van der Waals surface area contributed by atoms with E-state index < -0.39 is 0 Å². The number of pyridine rings is 1. The molecule has 0 aliphatic heterocycles. The maximum atomic E-state index is 12.5. The molecular weight excluding hydrogens is 143 g/mol. The van der Waals surface area contributed by atoms with Gasteiger partial charge in [0.25, 0.3) is 0 Å². The van der Waals surface area contributed by atoms with Gasteiger partial charge in [-0.05, 0) is 18.2 Å². The van der Waals surface area contributed by atoms with Gasteiger partial charge in [0.2, 0.25) is 0 Å². The van der Waals surface area contributed by atoms with Gasteiger partial charge in [-0.2, -0.15) is 0 Å². The van der Waals surface area contributed by atoms with Crippen molar-refractivity contribution in [3.8, 4) is 0 Å². The van der Waals surface area contributed by atoms with Crippen LogP contribution in [-0.4, -0.2) is 11.5 Å². The van der Waals surface area contributed by atoms with Crippen LogP contribution in [-0.2, 0) is 0 Å². The van der Waals surface area contributed by atoms with E-state index in [9.17, 15) is 4.39 Å². The molecule has 0 aliphatic rings. The molecule has 0 bridgehead atoms. The topological polar surface area (TPSA) is 38.9 Å². The second-order valence-electron chi connectivity index (χ2n) is 2.04. The van der Waals surface area contributed by atoms with Gasteiger partial charge < -0.3 is 5.73 Å². The fourth-order valence-corrected chi connectivity index (χ4v) is 0.701. The van der Waals surface area contributed by atoms with Gasteiger partial charge in [0.15, 0.2) is 0 Å². The van der Waals surface area contributed by atoms with E-state index in [0.29, 0.717) is 12.2 Å². The summed E-state index contributed by atoms with van der Waals surface area (Å²) in [7, 11) is 0. The van der Waals surface area contributed by atoms with Gasteiger partial charge in [-0.3, -0.25) is 4.98 Å². The monoisotopic (exact) mass is 152 g/mol. The van der Waals surface area contributed by atoms with Crippen LogP contribution in [0.25, 0.3) is 6.08 Å². The fraction of sp³-hybridized carbons (Fsp3) is 0.125. The first kappa shape index (κ1) is 7.88. The van der Waals surface area contributed by atoms with E-state index in [4.69, 9.17) is 5.73 Å². The quantitative estimate of drug-likeness (QED) is 0.691. The van der Waals surface area contributed by atoms with Crippen molar-refractivity contribution in [1.29, 1.82) is 0 Å². The molecule has 2 nitrogen and oxygen atoms in total. The molecule has 0 saturated carbocycles. The Hall–Kier alpha value is -1.22. The predicted molar refractivity (Wildman–Crippen MR) is 42.3 cm³/mol. The zero-order valence-electron chi connectivity index (χ0n) is 6.00. The van der Waals surface area contributed by atoms with Gasteiger partial charge in [0.05, 0.1) is 5.69 Å². The van der Waals surface area contributed by atoms with E-state index in [2.05, 4.69) is 4.98 Å². The zero-order chi connectivity index (χ0) is 8.10. The van der Waals surface area contributed by atoms with Crippen molar-refractivity contribution in [2.24, 2.45) is 5.73 Å². The van der Waals surface area contributed by atoms with Gasteiger partial charge in [-0.25, -0.2) is 4.39 Å². The molecule has 1 aromatic heterocycles. The Morgan fingerprint density at radius 2 is 2.45 bits per heavy atom. The summed E-state index contributed by atoms with van der Waals surface area (Å²) in [5, 5.41) is 0. The molecule has 0 atom stereocenters. The van der Waals surface area contributed by atoms with Gasteiger partial charge >= 0.3 is 0 Å². The van der Waals surface area contributed by atoms with E-state index in [-0.39, 0.29) is 5.82 Å². The Kier molecular flexibility index (Phi) is 2.74. The lowest BCUT2D eigenvalue weighted by atomic mass is 10.3. The minimum atomic E-state index is -0.281. The van der Waals surface area contributed by atoms with Crippen LogP contribution in [0.5, 0.6) is 0 Å². The van der Waals surface area contributed by atoms with Crippen molar-refractivity contribution in [1.82, 2.24) is 4.98 Å². The van der Waals surface area contributed by atoms with Crippen LogP contribution >= 0.6 is 0 Å². The highest BCUT2D eigenvalue weighted by Gasteiger charge is 1.89. The van der Waals surface area contributed by atoms with E-state index >= 15 is 0 Å². The molecule has 0 saturated heterocycles. The molecule has 11 heavy (non-hydrogen) atoms. The molecule has 1 rings (SSSR count). The maximum absolute atomic E-state index is 12.5. The molecule has 58 valence electrons. The summed E-state index contributed by atoms with van der Waals surface area (Å²) in [6.07, 6.45) is 4.83. The molecule has 0 aromatic carbocycles. The highest BCUT2D eigenvalue weighted by molar-refractivity contribution is 5.44. The van der Waals surface area contributed by atoms with E-state index in [0.717, 1.165) is 0 Å². The summed E-state index contributed by atoms with van der Waals surface area (Å²) in [6.45, 7) is 0.443. The molecule has 0 fully saturated rings. The average molecular weight is 152 g/mol. The zero-order valence-corrected chi connectivity index (χ0v) is 6.00. The first-order chi connectivity index (χ1) is 5.33. The number of rotatable bonds is 2. The lowest BCUT2D eigenvalue weighted by molar-refractivity contribution is 0.625. The summed E-state index contributed by atoms with van der Waals surface area (Å²) in [5.74, 6) is -0.281. The van der Waals surface area contributed by atoms with Gasteiger partial charge in [0.1, 0.15) is 5.82 Å². The van der Waals surface area contributed by atoms with Crippen molar-refractivity contribution in [3.05, 3.63) is 35.9 Å². The van der Waals surface area contributed by atoms with Crippen molar-refractivity contribution in [2.45, 2.75) is 0 Å². The van der Waals surface area contributed by atoms with Gasteiger partial charge in [-0.1, -0.05) is 6.08 Å². The Morgan fingerprint density at radius 3 is 3.09 bits per heavy atom. The number of hydrogen-bond acceptors (Lipinski definition) is 2. The molecule has 0 unspecified atom stereocenters. The number of halogens is 1. The van der Waals surface area contributed by atoms with Crippen LogP contribution in [0.3, 0.4) is 0 Å². The summed E-state index contributed by atoms with van der Waals surface area (Å²) >= 11 is 0. The second-order valence-corrected chi connectivity index (χ2v) is 2.04. The third-order valence-electron chi connectivity index (χ3n) is 1.17. The number of nitrogens with two attached hydrogens (primary N) is 1. The van der Waals surface area contributed by atoms with Crippen LogP contribution < -0.4 is 5.73 Å². The third-order valence-corrected chi connectivity index (χ3v) is 1.17. The highest BCUT2D eigenvalue weighted by atomic mass is 19.1. The molecule has 1 heterocycles. The predicted octanol–water partition coefficient (Wildman–Crippen LogP) is 1.19. The van der Waals surface area contributed by atoms with Crippen molar-refractivity contribution >= 4 is 6.08 Å². The van der Waals surface area contributed by atoms with Crippen LogP contribution in [0.15, 0.2) is 24.4 Å². The van der Waals surface area contributed by atoms with Crippen LogP contribution in [0.2, 0.25) is 0 Å². The summed E-state index contributed by atoms with van der Waals surface area (Å²) < 4.78 is 12.5. The summed E-state index contributed by atoms with van der Waals surface area (Å²) in [4.78, 5) is 3.89. The van der Waals surface area contributed by atoms with Crippen LogP contribution in [0.4, 0.5) is 4.39 Å². The van der Waals surface area contributed by atoms with Crippen molar-refractivity contribution < 1.29 is 4.39 Å². The van der Waals surface area contributed by atoms with E-state index in [1.807, 2.05) is 0 Å². The molecule has 0 aliphatic carbocycles. The molecule has 2 N–H and O–H groups in total. The molecule has 0 amide bonds. The van der Waals surface area contributed by atoms with Gasteiger partial charge in [-0.15, -0.1) is 0 Å². The van der Waals surface area contributed by atoms with Crippen molar-refractivity contribution in [2.75, 3.05) is 6.54 Å².